The molecule has 1 aromatic carbocycles. The van der Waals surface area contributed by atoms with E-state index < -0.39 is 0 Å². The maximum atomic E-state index is 5.83. The van der Waals surface area contributed by atoms with E-state index in [1.165, 1.54) is 18.4 Å². The Labute approximate surface area is 123 Å². The summed E-state index contributed by atoms with van der Waals surface area (Å²) in [5.74, 6) is 3.04. The monoisotopic (exact) mass is 275 g/mol. The van der Waals surface area contributed by atoms with Gasteiger partial charge in [0.25, 0.3) is 0 Å². The second kappa shape index (κ2) is 7.12. The Kier molecular flexibility index (Phi) is 5.47. The predicted molar refractivity (Wildman–Crippen MR) is 85.4 cm³/mol. The van der Waals surface area contributed by atoms with Gasteiger partial charge in [-0.05, 0) is 44.2 Å². The molecule has 2 heteroatoms. The first kappa shape index (κ1) is 15.4. The van der Waals surface area contributed by atoms with Crippen molar-refractivity contribution in [3.8, 4) is 5.75 Å². The number of nitrogens with one attached hydrogen (secondary N) is 1. The van der Waals surface area contributed by atoms with Gasteiger partial charge in [-0.2, -0.15) is 0 Å². The highest BCUT2D eigenvalue weighted by atomic mass is 16.5. The average molecular weight is 275 g/mol. The summed E-state index contributed by atoms with van der Waals surface area (Å²) in [4.78, 5) is 0. The largest absolute Gasteiger partial charge is 0.493 e. The van der Waals surface area contributed by atoms with Crippen LogP contribution in [0.1, 0.15) is 52.0 Å². The molecule has 0 amide bonds. The molecule has 1 aliphatic rings. The van der Waals surface area contributed by atoms with Crippen LogP contribution in [0, 0.1) is 11.8 Å². The van der Waals surface area contributed by atoms with Crippen molar-refractivity contribution in [1.82, 2.24) is 5.32 Å². The summed E-state index contributed by atoms with van der Waals surface area (Å²) in [6, 6.07) is 9.09. The smallest absolute Gasteiger partial charge is 0.122 e. The minimum Gasteiger partial charge on any atom is -0.493 e. The van der Waals surface area contributed by atoms with Crippen molar-refractivity contribution >= 4 is 0 Å². The van der Waals surface area contributed by atoms with Crippen LogP contribution >= 0.6 is 0 Å². The standard InChI is InChI=1S/C18H29NO/c1-5-10-19-14(4)17(13(2)3)11-15-12-20-18-9-7-6-8-16(15)18/h6-9,13-15,17,19H,5,10-12H2,1-4H3. The van der Waals surface area contributed by atoms with Crippen LogP contribution in [0.25, 0.3) is 0 Å². The van der Waals surface area contributed by atoms with Crippen LogP contribution in [0.15, 0.2) is 24.3 Å². The van der Waals surface area contributed by atoms with Crippen molar-refractivity contribution in [2.24, 2.45) is 11.8 Å². The van der Waals surface area contributed by atoms with Crippen molar-refractivity contribution in [2.45, 2.75) is 52.5 Å². The number of ether oxygens (including phenoxy) is 1. The molecule has 0 bridgehead atoms. The minimum absolute atomic E-state index is 0.560. The molecule has 0 radical (unpaired) electrons. The lowest BCUT2D eigenvalue weighted by molar-refractivity contribution is 0.236. The van der Waals surface area contributed by atoms with Gasteiger partial charge < -0.3 is 10.1 Å². The first-order valence-corrected chi connectivity index (χ1v) is 8.08. The second-order valence-corrected chi connectivity index (χ2v) is 6.43. The second-order valence-electron chi connectivity index (χ2n) is 6.43. The van der Waals surface area contributed by atoms with Crippen LogP contribution in [0.2, 0.25) is 0 Å². The maximum Gasteiger partial charge on any atom is 0.122 e. The van der Waals surface area contributed by atoms with Gasteiger partial charge in [0, 0.05) is 17.5 Å². The van der Waals surface area contributed by atoms with Gasteiger partial charge in [0.2, 0.25) is 0 Å². The number of hydrogen-bond donors (Lipinski definition) is 1. The van der Waals surface area contributed by atoms with Gasteiger partial charge in [-0.1, -0.05) is 39.0 Å². The highest BCUT2D eigenvalue weighted by molar-refractivity contribution is 5.39. The first-order chi connectivity index (χ1) is 9.63. The molecule has 112 valence electrons. The van der Waals surface area contributed by atoms with Gasteiger partial charge in [-0.3, -0.25) is 0 Å². The van der Waals surface area contributed by atoms with Gasteiger partial charge in [-0.25, -0.2) is 0 Å². The van der Waals surface area contributed by atoms with Gasteiger partial charge >= 0.3 is 0 Å². The van der Waals surface area contributed by atoms with E-state index in [1.807, 2.05) is 0 Å². The molecule has 1 heterocycles. The maximum absolute atomic E-state index is 5.83. The van der Waals surface area contributed by atoms with Gasteiger partial charge in [-0.15, -0.1) is 0 Å². The van der Waals surface area contributed by atoms with E-state index in [2.05, 4.69) is 57.3 Å². The fourth-order valence-electron chi connectivity index (χ4n) is 3.33. The van der Waals surface area contributed by atoms with E-state index in [4.69, 9.17) is 4.74 Å². The zero-order valence-corrected chi connectivity index (χ0v) is 13.4. The number of hydrogen-bond acceptors (Lipinski definition) is 2. The number of fused-ring (bicyclic) bond motifs is 1. The highest BCUT2D eigenvalue weighted by Gasteiger charge is 2.30. The summed E-state index contributed by atoms with van der Waals surface area (Å²) in [6.45, 7) is 11.2. The van der Waals surface area contributed by atoms with E-state index >= 15 is 0 Å². The quantitative estimate of drug-likeness (QED) is 0.804. The average Bonchev–Trinajstić information content (AvgIpc) is 2.85. The Bertz CT molecular complexity index is 416. The molecular formula is C18H29NO. The summed E-state index contributed by atoms with van der Waals surface area (Å²) < 4.78 is 5.83. The molecule has 1 aliphatic heterocycles. The lowest BCUT2D eigenvalue weighted by atomic mass is 9.80. The lowest BCUT2D eigenvalue weighted by Gasteiger charge is -2.30. The summed E-state index contributed by atoms with van der Waals surface area (Å²) >= 11 is 0. The molecule has 0 saturated carbocycles. The third-order valence-corrected chi connectivity index (χ3v) is 4.57. The van der Waals surface area contributed by atoms with Crippen molar-refractivity contribution < 1.29 is 4.74 Å². The topological polar surface area (TPSA) is 21.3 Å². The lowest BCUT2D eigenvalue weighted by Crippen LogP contribution is -2.37. The molecule has 1 N–H and O–H groups in total. The van der Waals surface area contributed by atoms with Crippen LogP contribution in [0.5, 0.6) is 5.75 Å². The Hall–Kier alpha value is -1.02. The minimum atomic E-state index is 0.560. The molecule has 3 unspecified atom stereocenters. The SMILES string of the molecule is CCCNC(C)C(CC1COc2ccccc21)C(C)C. The first-order valence-electron chi connectivity index (χ1n) is 8.08. The number of benzene rings is 1. The van der Waals surface area contributed by atoms with Crippen molar-refractivity contribution in [3.05, 3.63) is 29.8 Å². The fourth-order valence-corrected chi connectivity index (χ4v) is 3.33. The Morgan fingerprint density at radius 3 is 2.70 bits per heavy atom. The molecule has 1 aromatic rings. The Balaban J connectivity index is 2.02. The predicted octanol–water partition coefficient (Wildman–Crippen LogP) is 4.21. The van der Waals surface area contributed by atoms with E-state index in [0.29, 0.717) is 23.8 Å². The molecule has 0 saturated heterocycles. The zero-order chi connectivity index (χ0) is 14.5. The highest BCUT2D eigenvalue weighted by Crippen LogP contribution is 2.39. The van der Waals surface area contributed by atoms with Crippen LogP contribution in [-0.2, 0) is 0 Å². The van der Waals surface area contributed by atoms with E-state index in [0.717, 1.165) is 18.9 Å². The van der Waals surface area contributed by atoms with Gasteiger partial charge in [0.05, 0.1) is 6.61 Å². The number of para-hydroxylation sites is 1. The van der Waals surface area contributed by atoms with Crippen LogP contribution in [-0.4, -0.2) is 19.2 Å². The summed E-state index contributed by atoms with van der Waals surface area (Å²) in [7, 11) is 0. The number of rotatable bonds is 7. The molecular weight excluding hydrogens is 246 g/mol. The van der Waals surface area contributed by atoms with E-state index in [9.17, 15) is 0 Å². The zero-order valence-electron chi connectivity index (χ0n) is 13.4. The molecule has 2 nitrogen and oxygen atoms in total. The third kappa shape index (κ3) is 3.54. The molecule has 0 aliphatic carbocycles. The van der Waals surface area contributed by atoms with Crippen LogP contribution in [0.3, 0.4) is 0 Å². The van der Waals surface area contributed by atoms with Crippen molar-refractivity contribution in [1.29, 1.82) is 0 Å². The van der Waals surface area contributed by atoms with E-state index in [-0.39, 0.29) is 0 Å². The molecule has 3 atom stereocenters. The Morgan fingerprint density at radius 1 is 1.25 bits per heavy atom. The van der Waals surface area contributed by atoms with Crippen LogP contribution < -0.4 is 10.1 Å². The summed E-state index contributed by atoms with van der Waals surface area (Å²) in [5, 5.41) is 3.67. The molecule has 0 spiro atoms. The van der Waals surface area contributed by atoms with Crippen LogP contribution in [0.4, 0.5) is 0 Å². The van der Waals surface area contributed by atoms with Crippen molar-refractivity contribution in [2.75, 3.05) is 13.2 Å². The summed E-state index contributed by atoms with van der Waals surface area (Å²) in [6.07, 6.45) is 2.41. The van der Waals surface area contributed by atoms with Gasteiger partial charge in [0.15, 0.2) is 0 Å². The summed E-state index contributed by atoms with van der Waals surface area (Å²) in [5.41, 5.74) is 1.40. The third-order valence-electron chi connectivity index (χ3n) is 4.57. The fraction of sp³-hybridized carbons (Fsp3) is 0.667. The molecule has 20 heavy (non-hydrogen) atoms. The van der Waals surface area contributed by atoms with Gasteiger partial charge in [0.1, 0.15) is 5.75 Å². The van der Waals surface area contributed by atoms with E-state index in [1.54, 1.807) is 0 Å². The Morgan fingerprint density at radius 2 is 2.00 bits per heavy atom. The molecule has 0 fully saturated rings. The normalized spacial score (nSPS) is 20.6. The van der Waals surface area contributed by atoms with Crippen molar-refractivity contribution in [3.63, 3.8) is 0 Å². The molecule has 0 aromatic heterocycles. The molecule has 2 rings (SSSR count).